The summed E-state index contributed by atoms with van der Waals surface area (Å²) in [5.41, 5.74) is 3.12. The van der Waals surface area contributed by atoms with E-state index in [9.17, 15) is 9.59 Å². The Balaban J connectivity index is 1.47. The highest BCUT2D eigenvalue weighted by atomic mass is 35.5. The Hall–Kier alpha value is -2.17. The van der Waals surface area contributed by atoms with Crippen molar-refractivity contribution in [2.45, 2.75) is 44.9 Å². The molecule has 0 saturated carbocycles. The SMILES string of the molecule is CC1(C)CC(=O)Nc2ccc(C(=O)CN3CCCC(Cc4ccccc4)C3)c(Cl)c21. The zero-order valence-corrected chi connectivity index (χ0v) is 18.5. The number of nitrogens with zero attached hydrogens (tertiary/aromatic N) is 1. The minimum Gasteiger partial charge on any atom is -0.326 e. The first-order valence-electron chi connectivity index (χ1n) is 10.8. The number of hydrogen-bond acceptors (Lipinski definition) is 3. The van der Waals surface area contributed by atoms with Crippen molar-refractivity contribution in [1.29, 1.82) is 0 Å². The summed E-state index contributed by atoms with van der Waals surface area (Å²) in [4.78, 5) is 27.4. The molecule has 30 heavy (non-hydrogen) atoms. The van der Waals surface area contributed by atoms with Gasteiger partial charge < -0.3 is 5.32 Å². The number of anilines is 1. The van der Waals surface area contributed by atoms with Gasteiger partial charge in [0.15, 0.2) is 5.78 Å². The van der Waals surface area contributed by atoms with Gasteiger partial charge in [-0.3, -0.25) is 14.5 Å². The molecule has 2 aliphatic rings. The zero-order valence-electron chi connectivity index (χ0n) is 17.7. The molecule has 4 rings (SSSR count). The van der Waals surface area contributed by atoms with Crippen molar-refractivity contribution < 1.29 is 9.59 Å². The third-order valence-corrected chi connectivity index (χ3v) is 6.73. The smallest absolute Gasteiger partial charge is 0.225 e. The van der Waals surface area contributed by atoms with Crippen LogP contribution < -0.4 is 5.32 Å². The zero-order chi connectivity index (χ0) is 21.3. The molecular formula is C25H29ClN2O2. The molecule has 158 valence electrons. The lowest BCUT2D eigenvalue weighted by atomic mass is 9.77. The summed E-state index contributed by atoms with van der Waals surface area (Å²) in [5.74, 6) is 0.610. The Labute approximate surface area is 183 Å². The van der Waals surface area contributed by atoms with Gasteiger partial charge in [-0.25, -0.2) is 0 Å². The van der Waals surface area contributed by atoms with Crippen LogP contribution in [0.4, 0.5) is 5.69 Å². The number of amides is 1. The average Bonchev–Trinajstić information content (AvgIpc) is 2.68. The number of likely N-dealkylation sites (tertiary alicyclic amines) is 1. The lowest BCUT2D eigenvalue weighted by Gasteiger charge is -2.34. The van der Waals surface area contributed by atoms with Crippen molar-refractivity contribution >= 4 is 29.0 Å². The Bertz CT molecular complexity index is 955. The molecule has 1 amide bonds. The third-order valence-electron chi connectivity index (χ3n) is 6.33. The number of halogens is 1. The van der Waals surface area contributed by atoms with Gasteiger partial charge >= 0.3 is 0 Å². The number of carbonyl (C=O) groups is 2. The van der Waals surface area contributed by atoms with E-state index < -0.39 is 5.41 Å². The summed E-state index contributed by atoms with van der Waals surface area (Å²) in [6.45, 7) is 6.27. The Morgan fingerprint density at radius 3 is 2.73 bits per heavy atom. The van der Waals surface area contributed by atoms with Crippen LogP contribution in [0.5, 0.6) is 0 Å². The summed E-state index contributed by atoms with van der Waals surface area (Å²) in [6, 6.07) is 14.2. The molecule has 1 atom stereocenters. The van der Waals surface area contributed by atoms with Crippen molar-refractivity contribution in [3.05, 3.63) is 64.2 Å². The van der Waals surface area contributed by atoms with Crippen LogP contribution in [0, 0.1) is 5.92 Å². The fourth-order valence-corrected chi connectivity index (χ4v) is 5.46. The minimum atomic E-state index is -0.392. The lowest BCUT2D eigenvalue weighted by molar-refractivity contribution is -0.117. The van der Waals surface area contributed by atoms with Gasteiger partial charge in [-0.2, -0.15) is 0 Å². The van der Waals surface area contributed by atoms with Crippen molar-refractivity contribution in [1.82, 2.24) is 4.90 Å². The van der Waals surface area contributed by atoms with Crippen LogP contribution in [-0.2, 0) is 16.6 Å². The van der Waals surface area contributed by atoms with Crippen molar-refractivity contribution in [3.63, 3.8) is 0 Å². The third kappa shape index (κ3) is 4.45. The van der Waals surface area contributed by atoms with Gasteiger partial charge in [0.25, 0.3) is 0 Å². The predicted molar refractivity (Wildman–Crippen MR) is 121 cm³/mol. The van der Waals surface area contributed by atoms with E-state index in [1.165, 1.54) is 12.0 Å². The molecule has 1 fully saturated rings. The summed E-state index contributed by atoms with van der Waals surface area (Å²) < 4.78 is 0. The van der Waals surface area contributed by atoms with Crippen LogP contribution in [0.15, 0.2) is 42.5 Å². The molecule has 2 aromatic rings. The monoisotopic (exact) mass is 424 g/mol. The summed E-state index contributed by atoms with van der Waals surface area (Å²) in [6.07, 6.45) is 3.73. The van der Waals surface area contributed by atoms with E-state index >= 15 is 0 Å². The van der Waals surface area contributed by atoms with Gasteiger partial charge in [0.1, 0.15) is 0 Å². The number of Topliss-reactive ketones (excluding diaryl/α,β-unsaturated/α-hetero) is 1. The first-order chi connectivity index (χ1) is 14.3. The van der Waals surface area contributed by atoms with E-state index in [2.05, 4.69) is 34.5 Å². The number of piperidine rings is 1. The molecule has 0 bridgehead atoms. The Morgan fingerprint density at radius 2 is 1.97 bits per heavy atom. The molecular weight excluding hydrogens is 396 g/mol. The second-order valence-corrected chi connectivity index (χ2v) is 9.69. The predicted octanol–water partition coefficient (Wildman–Crippen LogP) is 5.10. The van der Waals surface area contributed by atoms with E-state index in [1.807, 2.05) is 26.0 Å². The van der Waals surface area contributed by atoms with E-state index in [0.717, 1.165) is 37.2 Å². The lowest BCUT2D eigenvalue weighted by Crippen LogP contribution is -2.39. The van der Waals surface area contributed by atoms with Gasteiger partial charge in [-0.1, -0.05) is 55.8 Å². The molecule has 0 aliphatic carbocycles. The minimum absolute atomic E-state index is 0.0135. The van der Waals surface area contributed by atoms with Crippen molar-refractivity contribution in [3.8, 4) is 0 Å². The maximum atomic E-state index is 13.1. The van der Waals surface area contributed by atoms with E-state index in [1.54, 1.807) is 6.07 Å². The highest BCUT2D eigenvalue weighted by molar-refractivity contribution is 6.35. The first kappa shape index (κ1) is 21.1. The van der Waals surface area contributed by atoms with Gasteiger partial charge in [0, 0.05) is 35.2 Å². The van der Waals surface area contributed by atoms with Gasteiger partial charge in [0.2, 0.25) is 5.91 Å². The molecule has 0 spiro atoms. The average molecular weight is 425 g/mol. The molecule has 5 heteroatoms. The number of ketones is 1. The van der Waals surface area contributed by atoms with Crippen LogP contribution in [0.1, 0.15) is 54.6 Å². The van der Waals surface area contributed by atoms with Crippen LogP contribution in [-0.4, -0.2) is 36.2 Å². The number of carbonyl (C=O) groups excluding carboxylic acids is 2. The van der Waals surface area contributed by atoms with E-state index in [-0.39, 0.29) is 11.7 Å². The summed E-state index contributed by atoms with van der Waals surface area (Å²) in [5, 5.41) is 3.37. The molecule has 2 heterocycles. The van der Waals surface area contributed by atoms with Crippen molar-refractivity contribution in [2.24, 2.45) is 5.92 Å². The largest absolute Gasteiger partial charge is 0.326 e. The number of hydrogen-bond donors (Lipinski definition) is 1. The Morgan fingerprint density at radius 1 is 1.20 bits per heavy atom. The van der Waals surface area contributed by atoms with Crippen LogP contribution >= 0.6 is 11.6 Å². The fraction of sp³-hybridized carbons (Fsp3) is 0.440. The molecule has 4 nitrogen and oxygen atoms in total. The number of fused-ring (bicyclic) bond motifs is 1. The maximum absolute atomic E-state index is 13.1. The number of benzene rings is 2. The second kappa shape index (κ2) is 8.52. The van der Waals surface area contributed by atoms with Crippen molar-refractivity contribution in [2.75, 3.05) is 25.0 Å². The molecule has 2 aromatic carbocycles. The van der Waals surface area contributed by atoms with E-state index in [0.29, 0.717) is 29.5 Å². The standard InChI is InChI=1S/C25H29ClN2O2/c1-25(2)14-22(30)27-20-11-10-19(24(26)23(20)25)21(29)16-28-12-6-9-18(15-28)13-17-7-4-3-5-8-17/h3-5,7-8,10-11,18H,6,9,12-16H2,1-2H3,(H,27,30). The van der Waals surface area contributed by atoms with Crippen LogP contribution in [0.25, 0.3) is 0 Å². The number of nitrogens with one attached hydrogen (secondary N) is 1. The topological polar surface area (TPSA) is 49.4 Å². The maximum Gasteiger partial charge on any atom is 0.225 e. The normalized spacial score (nSPS) is 21.0. The van der Waals surface area contributed by atoms with Crippen LogP contribution in [0.3, 0.4) is 0 Å². The molecule has 1 N–H and O–H groups in total. The second-order valence-electron chi connectivity index (χ2n) is 9.31. The molecule has 2 aliphatic heterocycles. The highest BCUT2D eigenvalue weighted by Crippen LogP contribution is 2.43. The van der Waals surface area contributed by atoms with Crippen LogP contribution in [0.2, 0.25) is 5.02 Å². The molecule has 1 saturated heterocycles. The van der Waals surface area contributed by atoms with Gasteiger partial charge in [0.05, 0.1) is 11.6 Å². The Kier molecular flexibility index (Phi) is 5.99. The van der Waals surface area contributed by atoms with E-state index in [4.69, 9.17) is 11.6 Å². The highest BCUT2D eigenvalue weighted by Gasteiger charge is 2.35. The molecule has 0 aromatic heterocycles. The summed E-state index contributed by atoms with van der Waals surface area (Å²) in [7, 11) is 0. The first-order valence-corrected chi connectivity index (χ1v) is 11.1. The van der Waals surface area contributed by atoms with Gasteiger partial charge in [-0.05, 0) is 49.4 Å². The molecule has 0 radical (unpaired) electrons. The molecule has 1 unspecified atom stereocenters. The summed E-state index contributed by atoms with van der Waals surface area (Å²) >= 11 is 6.72. The number of rotatable bonds is 5. The fourth-order valence-electron chi connectivity index (χ4n) is 4.94. The quantitative estimate of drug-likeness (QED) is 0.679. The van der Waals surface area contributed by atoms with Gasteiger partial charge in [-0.15, -0.1) is 0 Å².